The van der Waals surface area contributed by atoms with E-state index in [-0.39, 0.29) is 11.5 Å². The minimum atomic E-state index is -2.89. The van der Waals surface area contributed by atoms with Gasteiger partial charge in [-0.25, -0.2) is 8.42 Å². The van der Waals surface area contributed by atoms with Crippen molar-refractivity contribution in [1.29, 1.82) is 0 Å². The van der Waals surface area contributed by atoms with Crippen LogP contribution in [-0.2, 0) is 9.84 Å². The van der Waals surface area contributed by atoms with Crippen molar-refractivity contribution in [2.45, 2.75) is 6.92 Å². The Bertz CT molecular complexity index is 674. The minimum Gasteiger partial charge on any atom is -0.461 e. The number of rotatable bonds is 2. The largest absolute Gasteiger partial charge is 0.461 e. The van der Waals surface area contributed by atoms with Crippen molar-refractivity contribution in [3.63, 3.8) is 0 Å². The van der Waals surface area contributed by atoms with Gasteiger partial charge in [0.1, 0.15) is 0 Å². The van der Waals surface area contributed by atoms with Crippen LogP contribution in [-0.4, -0.2) is 48.2 Å². The molecule has 3 heterocycles. The molecule has 8 heteroatoms. The second-order valence-electron chi connectivity index (χ2n) is 4.56. The number of hydrogen-bond donors (Lipinski definition) is 1. The average molecular weight is 282 g/mol. The summed E-state index contributed by atoms with van der Waals surface area (Å²) in [5.74, 6) is 2.03. The highest BCUT2D eigenvalue weighted by molar-refractivity contribution is 7.91. The zero-order valence-corrected chi connectivity index (χ0v) is 11.3. The number of H-pyrrole nitrogens is 1. The molecule has 0 aliphatic carbocycles. The van der Waals surface area contributed by atoms with Crippen molar-refractivity contribution in [2.24, 2.45) is 0 Å². The lowest BCUT2D eigenvalue weighted by atomic mass is 10.3. The van der Waals surface area contributed by atoms with Crippen LogP contribution in [0, 0.1) is 6.92 Å². The lowest BCUT2D eigenvalue weighted by Gasteiger charge is -2.25. The maximum absolute atomic E-state index is 11.4. The van der Waals surface area contributed by atoms with Gasteiger partial charge in [-0.1, -0.05) is 0 Å². The standard InChI is InChI=1S/C11H14N4O3S/c1-8-2-5-18-9(8)10-12-11(14-13-10)15-3-6-19(16,17)7-4-15/h2,5H,3-4,6-7H2,1H3,(H,12,13,14). The first-order valence-electron chi connectivity index (χ1n) is 5.97. The summed E-state index contributed by atoms with van der Waals surface area (Å²) in [7, 11) is -2.89. The second-order valence-corrected chi connectivity index (χ2v) is 6.86. The van der Waals surface area contributed by atoms with Gasteiger partial charge in [-0.05, 0) is 18.6 Å². The zero-order chi connectivity index (χ0) is 13.5. The van der Waals surface area contributed by atoms with Crippen molar-refractivity contribution in [3.05, 3.63) is 17.9 Å². The molecule has 0 atom stereocenters. The highest BCUT2D eigenvalue weighted by Gasteiger charge is 2.24. The van der Waals surface area contributed by atoms with Gasteiger partial charge in [-0.2, -0.15) is 4.98 Å². The lowest BCUT2D eigenvalue weighted by molar-refractivity contribution is 0.576. The topological polar surface area (TPSA) is 92.1 Å². The molecule has 0 aromatic carbocycles. The monoisotopic (exact) mass is 282 g/mol. The summed E-state index contributed by atoms with van der Waals surface area (Å²) in [6.07, 6.45) is 1.60. The number of anilines is 1. The van der Waals surface area contributed by atoms with E-state index in [1.54, 1.807) is 6.26 Å². The normalized spacial score (nSPS) is 18.7. The summed E-state index contributed by atoms with van der Waals surface area (Å²) < 4.78 is 28.1. The van der Waals surface area contributed by atoms with Crippen LogP contribution in [0.1, 0.15) is 5.56 Å². The number of nitrogens with one attached hydrogen (secondary N) is 1. The maximum atomic E-state index is 11.4. The second kappa shape index (κ2) is 4.37. The van der Waals surface area contributed by atoms with Crippen LogP contribution >= 0.6 is 0 Å². The summed E-state index contributed by atoms with van der Waals surface area (Å²) in [5.41, 5.74) is 0.976. The Morgan fingerprint density at radius 1 is 1.37 bits per heavy atom. The molecule has 1 aliphatic rings. The molecular weight excluding hydrogens is 268 g/mol. The first kappa shape index (κ1) is 12.2. The summed E-state index contributed by atoms with van der Waals surface area (Å²) >= 11 is 0. The Morgan fingerprint density at radius 3 is 2.74 bits per heavy atom. The van der Waals surface area contributed by atoms with E-state index in [2.05, 4.69) is 15.2 Å². The van der Waals surface area contributed by atoms with Crippen molar-refractivity contribution >= 4 is 15.8 Å². The molecule has 19 heavy (non-hydrogen) atoms. The molecule has 102 valence electrons. The van der Waals surface area contributed by atoms with Crippen molar-refractivity contribution < 1.29 is 12.8 Å². The number of aromatic nitrogens is 3. The Hall–Kier alpha value is -1.83. The summed E-state index contributed by atoms with van der Waals surface area (Å²) in [5, 5.41) is 6.94. The van der Waals surface area contributed by atoms with E-state index in [4.69, 9.17) is 4.42 Å². The molecule has 2 aromatic rings. The molecule has 0 saturated carbocycles. The van der Waals surface area contributed by atoms with Gasteiger partial charge >= 0.3 is 0 Å². The van der Waals surface area contributed by atoms with Crippen LogP contribution in [0.15, 0.2) is 16.7 Å². The Labute approximate surface area is 110 Å². The number of hydrogen-bond acceptors (Lipinski definition) is 6. The van der Waals surface area contributed by atoms with E-state index in [9.17, 15) is 8.42 Å². The van der Waals surface area contributed by atoms with Crippen LogP contribution in [0.2, 0.25) is 0 Å². The predicted octanol–water partition coefficient (Wildman–Crippen LogP) is 0.608. The van der Waals surface area contributed by atoms with Gasteiger partial charge in [-0.15, -0.1) is 5.10 Å². The molecular formula is C11H14N4O3S. The third kappa shape index (κ3) is 2.35. The fraction of sp³-hybridized carbons (Fsp3) is 0.455. The SMILES string of the molecule is Cc1ccoc1-c1nc(N2CCS(=O)(=O)CC2)n[nH]1. The number of aryl methyl sites for hydroxylation is 1. The summed E-state index contributed by atoms with van der Waals surface area (Å²) in [6, 6.07) is 1.85. The fourth-order valence-electron chi connectivity index (χ4n) is 2.02. The molecule has 7 nitrogen and oxygen atoms in total. The quantitative estimate of drug-likeness (QED) is 0.867. The van der Waals surface area contributed by atoms with E-state index in [1.807, 2.05) is 17.9 Å². The van der Waals surface area contributed by atoms with Crippen LogP contribution in [0.4, 0.5) is 5.95 Å². The van der Waals surface area contributed by atoms with Crippen LogP contribution in [0.25, 0.3) is 11.6 Å². The van der Waals surface area contributed by atoms with Gasteiger partial charge in [0.15, 0.2) is 21.4 Å². The molecule has 1 fully saturated rings. The molecule has 0 radical (unpaired) electrons. The highest BCUT2D eigenvalue weighted by Crippen LogP contribution is 2.22. The van der Waals surface area contributed by atoms with Gasteiger partial charge in [0, 0.05) is 13.1 Å². The van der Waals surface area contributed by atoms with Gasteiger partial charge in [0.05, 0.1) is 17.8 Å². The predicted molar refractivity (Wildman–Crippen MR) is 69.7 cm³/mol. The third-order valence-electron chi connectivity index (χ3n) is 3.18. The smallest absolute Gasteiger partial charge is 0.245 e. The van der Waals surface area contributed by atoms with Crippen LogP contribution in [0.5, 0.6) is 0 Å². The molecule has 0 bridgehead atoms. The van der Waals surface area contributed by atoms with Crippen LogP contribution in [0.3, 0.4) is 0 Å². The average Bonchev–Trinajstić information content (AvgIpc) is 2.97. The first-order chi connectivity index (χ1) is 9.05. The van der Waals surface area contributed by atoms with Crippen molar-refractivity contribution in [1.82, 2.24) is 15.2 Å². The van der Waals surface area contributed by atoms with Crippen LogP contribution < -0.4 is 4.90 Å². The molecule has 2 aromatic heterocycles. The Kier molecular flexibility index (Phi) is 2.81. The number of furan rings is 1. The van der Waals surface area contributed by atoms with Gasteiger partial charge in [-0.3, -0.25) is 5.10 Å². The molecule has 0 amide bonds. The first-order valence-corrected chi connectivity index (χ1v) is 7.79. The molecule has 1 saturated heterocycles. The molecule has 0 spiro atoms. The Balaban J connectivity index is 1.81. The molecule has 1 N–H and O–H groups in total. The van der Waals surface area contributed by atoms with Gasteiger partial charge in [0.25, 0.3) is 0 Å². The van der Waals surface area contributed by atoms with E-state index in [1.165, 1.54) is 0 Å². The Morgan fingerprint density at radius 2 is 2.11 bits per heavy atom. The van der Waals surface area contributed by atoms with E-state index >= 15 is 0 Å². The molecule has 0 unspecified atom stereocenters. The highest BCUT2D eigenvalue weighted by atomic mass is 32.2. The summed E-state index contributed by atoms with van der Waals surface area (Å²) in [6.45, 7) is 2.78. The maximum Gasteiger partial charge on any atom is 0.245 e. The van der Waals surface area contributed by atoms with Gasteiger partial charge in [0.2, 0.25) is 5.95 Å². The van der Waals surface area contributed by atoms with E-state index in [0.717, 1.165) is 5.56 Å². The molecule has 3 rings (SSSR count). The van der Waals surface area contributed by atoms with E-state index in [0.29, 0.717) is 30.6 Å². The van der Waals surface area contributed by atoms with Gasteiger partial charge < -0.3 is 9.32 Å². The lowest BCUT2D eigenvalue weighted by Crippen LogP contribution is -2.40. The van der Waals surface area contributed by atoms with E-state index < -0.39 is 9.84 Å². The van der Waals surface area contributed by atoms with Crippen molar-refractivity contribution in [3.8, 4) is 11.6 Å². The number of aromatic amines is 1. The fourth-order valence-corrected chi connectivity index (χ4v) is 3.22. The third-order valence-corrected chi connectivity index (χ3v) is 4.79. The zero-order valence-electron chi connectivity index (χ0n) is 10.5. The molecule has 1 aliphatic heterocycles. The minimum absolute atomic E-state index is 0.149. The summed E-state index contributed by atoms with van der Waals surface area (Å²) in [4.78, 5) is 6.22. The number of sulfone groups is 1. The number of nitrogens with zero attached hydrogens (tertiary/aromatic N) is 3. The van der Waals surface area contributed by atoms with Crippen molar-refractivity contribution in [2.75, 3.05) is 29.5 Å².